The van der Waals surface area contributed by atoms with Crippen molar-refractivity contribution in [2.75, 3.05) is 0 Å². The summed E-state index contributed by atoms with van der Waals surface area (Å²) in [5.41, 5.74) is 3.20. The van der Waals surface area contributed by atoms with Crippen LogP contribution in [0.1, 0.15) is 74.1 Å². The Kier molecular flexibility index (Phi) is 10.5. The number of hydrogen-bond donors (Lipinski definition) is 2. The molecule has 0 radical (unpaired) electrons. The van der Waals surface area contributed by atoms with Crippen molar-refractivity contribution in [3.05, 3.63) is 12.7 Å². The Bertz CT molecular complexity index is 568. The Hall–Kier alpha value is -0.983. The van der Waals surface area contributed by atoms with Gasteiger partial charge in [0.15, 0.2) is 9.04 Å². The zero-order chi connectivity index (χ0) is 23.2. The largest absolute Gasteiger partial charge is 0.406 e. The fourth-order valence-corrected chi connectivity index (χ4v) is 5.49. The minimum absolute atomic E-state index is 0.00698. The lowest BCUT2D eigenvalue weighted by Gasteiger charge is -2.47. The van der Waals surface area contributed by atoms with E-state index < -0.39 is 43.4 Å². The van der Waals surface area contributed by atoms with Gasteiger partial charge in [-0.05, 0) is 50.1 Å². The molecular formula is C23H45NO4Si. The number of unbranched alkanes of at least 4 members (excludes halogenated alkanes) is 1. The van der Waals surface area contributed by atoms with Crippen LogP contribution in [0, 0.1) is 22.7 Å². The first-order chi connectivity index (χ1) is 13.0. The standard InChI is InChI=1S/C23H45NO4Si/c1-11-12-13-14-16(2)18(25)17(3)19(26)22(7,8)15-23(20(24)27,21(4,5)6)28-29(9)10/h11,16-18,25,29H,1,12-15H2,2-10H3,(H2,24,27). The molecule has 0 fully saturated rings. The van der Waals surface area contributed by atoms with Crippen molar-refractivity contribution in [3.8, 4) is 0 Å². The van der Waals surface area contributed by atoms with E-state index in [4.69, 9.17) is 10.2 Å². The van der Waals surface area contributed by atoms with Crippen molar-refractivity contribution in [2.24, 2.45) is 28.4 Å². The predicted molar refractivity (Wildman–Crippen MR) is 123 cm³/mol. The summed E-state index contributed by atoms with van der Waals surface area (Å²) < 4.78 is 6.24. The summed E-state index contributed by atoms with van der Waals surface area (Å²) in [7, 11) is -1.62. The molecule has 0 aromatic rings. The molecule has 0 spiro atoms. The smallest absolute Gasteiger partial charge is 0.249 e. The van der Waals surface area contributed by atoms with Crippen LogP contribution in [-0.4, -0.2) is 37.5 Å². The van der Waals surface area contributed by atoms with Gasteiger partial charge in [-0.3, -0.25) is 9.59 Å². The van der Waals surface area contributed by atoms with Gasteiger partial charge in [0.25, 0.3) is 0 Å². The fourth-order valence-electron chi connectivity index (χ4n) is 4.13. The molecule has 0 saturated heterocycles. The zero-order valence-electron chi connectivity index (χ0n) is 20.2. The number of hydrogen-bond acceptors (Lipinski definition) is 4. The van der Waals surface area contributed by atoms with Crippen LogP contribution in [0.5, 0.6) is 0 Å². The van der Waals surface area contributed by atoms with E-state index in [1.54, 1.807) is 6.92 Å². The molecule has 29 heavy (non-hydrogen) atoms. The van der Waals surface area contributed by atoms with Crippen LogP contribution in [0.3, 0.4) is 0 Å². The highest BCUT2D eigenvalue weighted by Crippen LogP contribution is 2.44. The third-order valence-corrected chi connectivity index (χ3v) is 6.85. The number of aliphatic hydroxyl groups excluding tert-OH is 1. The van der Waals surface area contributed by atoms with Crippen LogP contribution in [-0.2, 0) is 14.0 Å². The number of rotatable bonds is 13. The van der Waals surface area contributed by atoms with Crippen molar-refractivity contribution in [1.82, 2.24) is 0 Å². The Labute approximate surface area is 180 Å². The van der Waals surface area contributed by atoms with Gasteiger partial charge in [-0.25, -0.2) is 0 Å². The molecule has 0 aromatic carbocycles. The molecule has 0 aliphatic rings. The van der Waals surface area contributed by atoms with Crippen LogP contribution in [0.25, 0.3) is 0 Å². The van der Waals surface area contributed by atoms with Gasteiger partial charge in [-0.15, -0.1) is 6.58 Å². The van der Waals surface area contributed by atoms with E-state index in [1.807, 2.05) is 60.7 Å². The Morgan fingerprint density at radius 1 is 1.17 bits per heavy atom. The molecule has 0 saturated carbocycles. The number of ketones is 1. The molecular weight excluding hydrogens is 382 g/mol. The number of carbonyl (C=O) groups excluding carboxylic acids is 2. The molecule has 3 N–H and O–H groups in total. The number of Topliss-reactive ketones (excluding diaryl/α,β-unsaturated/α-hetero) is 1. The SMILES string of the molecule is C=CCCCC(C)C(O)C(C)C(=O)C(C)(C)CC(O[SiH](C)C)(C(N)=O)C(C)(C)C. The lowest BCUT2D eigenvalue weighted by atomic mass is 9.64. The maximum atomic E-state index is 13.4. The van der Waals surface area contributed by atoms with Gasteiger partial charge in [0.05, 0.1) is 6.10 Å². The normalized spacial score (nSPS) is 18.0. The summed E-state index contributed by atoms with van der Waals surface area (Å²) in [5.74, 6) is -1.12. The summed E-state index contributed by atoms with van der Waals surface area (Å²) in [6.07, 6.45) is 4.00. The molecule has 0 heterocycles. The first-order valence-corrected chi connectivity index (χ1v) is 13.6. The molecule has 6 heteroatoms. The molecule has 170 valence electrons. The van der Waals surface area contributed by atoms with E-state index in [0.29, 0.717) is 0 Å². The first-order valence-electron chi connectivity index (χ1n) is 10.8. The van der Waals surface area contributed by atoms with Crippen LogP contribution in [0.15, 0.2) is 12.7 Å². The van der Waals surface area contributed by atoms with Gasteiger partial charge in [0, 0.05) is 11.3 Å². The van der Waals surface area contributed by atoms with Crippen molar-refractivity contribution >= 4 is 20.7 Å². The van der Waals surface area contributed by atoms with Crippen molar-refractivity contribution in [2.45, 2.75) is 98.9 Å². The third kappa shape index (κ3) is 7.33. The van der Waals surface area contributed by atoms with Gasteiger partial charge in [0.2, 0.25) is 5.91 Å². The second-order valence-corrected chi connectivity index (χ2v) is 12.8. The molecule has 4 atom stereocenters. The van der Waals surface area contributed by atoms with Crippen molar-refractivity contribution in [1.29, 1.82) is 0 Å². The van der Waals surface area contributed by atoms with Gasteiger partial charge >= 0.3 is 0 Å². The van der Waals surface area contributed by atoms with Gasteiger partial charge in [-0.2, -0.15) is 0 Å². The second-order valence-electron chi connectivity index (χ2n) is 10.5. The highest BCUT2D eigenvalue weighted by atomic mass is 28.3. The van der Waals surface area contributed by atoms with Gasteiger partial charge < -0.3 is 15.3 Å². The van der Waals surface area contributed by atoms with Crippen LogP contribution in [0.4, 0.5) is 0 Å². The number of carbonyl (C=O) groups is 2. The maximum Gasteiger partial charge on any atom is 0.249 e. The number of amides is 1. The molecule has 0 aromatic heterocycles. The lowest BCUT2D eigenvalue weighted by molar-refractivity contribution is -0.154. The highest BCUT2D eigenvalue weighted by molar-refractivity contribution is 6.48. The fraction of sp³-hybridized carbons (Fsp3) is 0.826. The monoisotopic (exact) mass is 427 g/mol. The molecule has 0 bridgehead atoms. The quantitative estimate of drug-likeness (QED) is 0.261. The maximum absolute atomic E-state index is 13.4. The Morgan fingerprint density at radius 2 is 1.69 bits per heavy atom. The average molecular weight is 428 g/mol. The second kappa shape index (κ2) is 10.9. The van der Waals surface area contributed by atoms with Crippen LogP contribution < -0.4 is 5.73 Å². The molecule has 0 rings (SSSR count). The number of nitrogens with two attached hydrogens (primary N) is 1. The van der Waals surface area contributed by atoms with Crippen molar-refractivity contribution in [3.63, 3.8) is 0 Å². The van der Waals surface area contributed by atoms with E-state index in [9.17, 15) is 14.7 Å². The molecule has 1 amide bonds. The predicted octanol–water partition coefficient (Wildman–Crippen LogP) is 4.23. The summed E-state index contributed by atoms with van der Waals surface area (Å²) >= 11 is 0. The topological polar surface area (TPSA) is 89.6 Å². The van der Waals surface area contributed by atoms with Crippen LogP contribution >= 0.6 is 0 Å². The molecule has 4 unspecified atom stereocenters. The highest BCUT2D eigenvalue weighted by Gasteiger charge is 2.53. The summed E-state index contributed by atoms with van der Waals surface area (Å²) in [6.45, 7) is 20.9. The summed E-state index contributed by atoms with van der Waals surface area (Å²) in [4.78, 5) is 26.0. The Morgan fingerprint density at radius 3 is 2.07 bits per heavy atom. The summed E-state index contributed by atoms with van der Waals surface area (Å²) in [6, 6.07) is 0. The number of primary amides is 1. The lowest BCUT2D eigenvalue weighted by Crippen LogP contribution is -2.60. The number of aliphatic hydroxyl groups is 1. The van der Waals surface area contributed by atoms with E-state index in [2.05, 4.69) is 6.58 Å². The van der Waals surface area contributed by atoms with E-state index in [-0.39, 0.29) is 18.1 Å². The van der Waals surface area contributed by atoms with E-state index >= 15 is 0 Å². The van der Waals surface area contributed by atoms with E-state index in [1.165, 1.54) is 0 Å². The average Bonchev–Trinajstić information content (AvgIpc) is 2.57. The molecule has 0 aliphatic carbocycles. The summed E-state index contributed by atoms with van der Waals surface area (Å²) in [5, 5.41) is 10.8. The minimum Gasteiger partial charge on any atom is -0.406 e. The first kappa shape index (κ1) is 28.0. The van der Waals surface area contributed by atoms with Crippen LogP contribution in [0.2, 0.25) is 13.1 Å². The zero-order valence-corrected chi connectivity index (χ0v) is 21.3. The van der Waals surface area contributed by atoms with Gasteiger partial charge in [-0.1, -0.05) is 54.5 Å². The minimum atomic E-state index is -1.62. The molecule has 0 aliphatic heterocycles. The molecule has 5 nitrogen and oxygen atoms in total. The number of allylic oxidation sites excluding steroid dienone is 1. The third-order valence-electron chi connectivity index (χ3n) is 5.98. The van der Waals surface area contributed by atoms with Crippen molar-refractivity contribution < 1.29 is 19.1 Å². The van der Waals surface area contributed by atoms with Gasteiger partial charge in [0.1, 0.15) is 11.4 Å². The Balaban J connectivity index is 5.68. The van der Waals surface area contributed by atoms with E-state index in [0.717, 1.165) is 19.3 Å².